The lowest BCUT2D eigenvalue weighted by Gasteiger charge is -2.21. The standard InChI is InChI=1S/C29H34N4O4/c1-3-32(20-22-10-5-4-6-11-22)19-9-18-30-26(34)15-16-27(35)33-21-23-12-7-14-25(36-2)28(23)37-29-24(33)13-8-17-31-29/h4-8,10-14,17H,3,9,15-16,18-21H2,1-2H3,(H,30,34). The van der Waals surface area contributed by atoms with Crippen LogP contribution < -0.4 is 19.7 Å². The molecule has 1 aromatic heterocycles. The fourth-order valence-corrected chi connectivity index (χ4v) is 4.37. The molecule has 2 aromatic carbocycles. The van der Waals surface area contributed by atoms with E-state index in [2.05, 4.69) is 34.3 Å². The van der Waals surface area contributed by atoms with Crippen molar-refractivity contribution in [2.45, 2.75) is 39.3 Å². The maximum Gasteiger partial charge on any atom is 0.243 e. The highest BCUT2D eigenvalue weighted by Gasteiger charge is 2.28. The molecule has 0 bridgehead atoms. The van der Waals surface area contributed by atoms with Gasteiger partial charge in [-0.05, 0) is 36.7 Å². The van der Waals surface area contributed by atoms with Gasteiger partial charge in [0.1, 0.15) is 5.69 Å². The topological polar surface area (TPSA) is 84.0 Å². The number of amides is 2. The zero-order chi connectivity index (χ0) is 26.0. The van der Waals surface area contributed by atoms with Crippen molar-refractivity contribution < 1.29 is 19.1 Å². The molecular weight excluding hydrogens is 468 g/mol. The summed E-state index contributed by atoms with van der Waals surface area (Å²) in [6.07, 6.45) is 2.68. The average Bonchev–Trinajstić information content (AvgIpc) is 3.10. The van der Waals surface area contributed by atoms with Gasteiger partial charge in [0.15, 0.2) is 11.5 Å². The number of hydrogen-bond donors (Lipinski definition) is 1. The Kier molecular flexibility index (Phi) is 9.10. The Bertz CT molecular complexity index is 1200. The summed E-state index contributed by atoms with van der Waals surface area (Å²) in [4.78, 5) is 34.0. The molecule has 2 amide bonds. The van der Waals surface area contributed by atoms with Crippen molar-refractivity contribution in [3.05, 3.63) is 78.0 Å². The van der Waals surface area contributed by atoms with E-state index >= 15 is 0 Å². The summed E-state index contributed by atoms with van der Waals surface area (Å²) in [5, 5.41) is 2.96. The fourth-order valence-electron chi connectivity index (χ4n) is 4.37. The zero-order valence-corrected chi connectivity index (χ0v) is 21.5. The Balaban J connectivity index is 1.28. The Morgan fingerprint density at radius 1 is 1.08 bits per heavy atom. The van der Waals surface area contributed by atoms with E-state index in [9.17, 15) is 9.59 Å². The largest absolute Gasteiger partial charge is 0.493 e. The van der Waals surface area contributed by atoms with Crippen LogP contribution in [-0.4, -0.2) is 48.4 Å². The van der Waals surface area contributed by atoms with Crippen LogP contribution >= 0.6 is 0 Å². The molecule has 37 heavy (non-hydrogen) atoms. The number of carbonyl (C=O) groups excluding carboxylic acids is 2. The van der Waals surface area contributed by atoms with E-state index in [0.29, 0.717) is 36.2 Å². The van der Waals surface area contributed by atoms with E-state index in [1.807, 2.05) is 36.4 Å². The summed E-state index contributed by atoms with van der Waals surface area (Å²) in [6.45, 7) is 5.76. The third-order valence-electron chi connectivity index (χ3n) is 6.39. The number of methoxy groups -OCH3 is 1. The van der Waals surface area contributed by atoms with E-state index in [4.69, 9.17) is 9.47 Å². The number of para-hydroxylation sites is 1. The van der Waals surface area contributed by atoms with E-state index in [1.165, 1.54) is 5.56 Å². The van der Waals surface area contributed by atoms with Crippen LogP contribution in [0.1, 0.15) is 37.3 Å². The van der Waals surface area contributed by atoms with Gasteiger partial charge in [-0.1, -0.05) is 49.4 Å². The van der Waals surface area contributed by atoms with Crippen LogP contribution in [0.15, 0.2) is 66.9 Å². The predicted octanol–water partition coefficient (Wildman–Crippen LogP) is 4.54. The Morgan fingerprint density at radius 3 is 2.70 bits per heavy atom. The van der Waals surface area contributed by atoms with Crippen molar-refractivity contribution >= 4 is 17.5 Å². The molecule has 194 valence electrons. The summed E-state index contributed by atoms with van der Waals surface area (Å²) >= 11 is 0. The number of nitrogens with one attached hydrogen (secondary N) is 1. The van der Waals surface area contributed by atoms with Gasteiger partial charge in [-0.15, -0.1) is 0 Å². The van der Waals surface area contributed by atoms with Crippen molar-refractivity contribution in [3.8, 4) is 17.4 Å². The number of nitrogens with zero attached hydrogens (tertiary/aromatic N) is 3. The molecule has 1 N–H and O–H groups in total. The molecule has 2 heterocycles. The minimum atomic E-state index is -0.163. The molecule has 1 aliphatic heterocycles. The van der Waals surface area contributed by atoms with Gasteiger partial charge in [0, 0.05) is 44.2 Å². The summed E-state index contributed by atoms with van der Waals surface area (Å²) < 4.78 is 11.5. The summed E-state index contributed by atoms with van der Waals surface area (Å²) in [7, 11) is 1.58. The Labute approximate surface area is 218 Å². The molecule has 3 aromatic rings. The number of carbonyl (C=O) groups is 2. The number of rotatable bonds is 11. The van der Waals surface area contributed by atoms with E-state index in [0.717, 1.165) is 31.6 Å². The molecule has 0 radical (unpaired) electrons. The Morgan fingerprint density at radius 2 is 1.92 bits per heavy atom. The normalized spacial score (nSPS) is 12.2. The van der Waals surface area contributed by atoms with Crippen LogP contribution in [0.5, 0.6) is 17.4 Å². The monoisotopic (exact) mass is 502 g/mol. The van der Waals surface area contributed by atoms with Crippen molar-refractivity contribution in [1.29, 1.82) is 0 Å². The van der Waals surface area contributed by atoms with Crippen molar-refractivity contribution in [2.75, 3.05) is 31.6 Å². The van der Waals surface area contributed by atoms with Crippen LogP contribution in [0.25, 0.3) is 0 Å². The highest BCUT2D eigenvalue weighted by molar-refractivity contribution is 5.96. The summed E-state index contributed by atoms with van der Waals surface area (Å²) in [5.41, 5.74) is 2.67. The fraction of sp³-hybridized carbons (Fsp3) is 0.345. The zero-order valence-electron chi connectivity index (χ0n) is 21.5. The van der Waals surface area contributed by atoms with Gasteiger partial charge >= 0.3 is 0 Å². The van der Waals surface area contributed by atoms with Crippen LogP contribution in [0.2, 0.25) is 0 Å². The maximum absolute atomic E-state index is 13.2. The second kappa shape index (κ2) is 12.9. The van der Waals surface area contributed by atoms with Gasteiger partial charge in [0.05, 0.1) is 13.7 Å². The first kappa shape index (κ1) is 26.2. The Hall–Kier alpha value is -3.91. The number of ether oxygens (including phenoxy) is 2. The second-order valence-corrected chi connectivity index (χ2v) is 8.92. The van der Waals surface area contributed by atoms with E-state index in [1.54, 1.807) is 30.3 Å². The molecule has 0 unspecified atom stereocenters. The molecule has 1 aliphatic rings. The molecule has 0 fully saturated rings. The molecule has 0 atom stereocenters. The number of aromatic nitrogens is 1. The van der Waals surface area contributed by atoms with Crippen molar-refractivity contribution in [3.63, 3.8) is 0 Å². The second-order valence-electron chi connectivity index (χ2n) is 8.92. The molecule has 0 aliphatic carbocycles. The smallest absolute Gasteiger partial charge is 0.243 e. The van der Waals surface area contributed by atoms with Gasteiger partial charge in [-0.2, -0.15) is 0 Å². The highest BCUT2D eigenvalue weighted by atomic mass is 16.5. The minimum absolute atomic E-state index is 0.0918. The van der Waals surface area contributed by atoms with Gasteiger partial charge in [-0.25, -0.2) is 4.98 Å². The van der Waals surface area contributed by atoms with Crippen LogP contribution in [0.4, 0.5) is 5.69 Å². The molecule has 0 spiro atoms. The first-order valence-corrected chi connectivity index (χ1v) is 12.7. The predicted molar refractivity (Wildman–Crippen MR) is 143 cm³/mol. The molecule has 4 rings (SSSR count). The van der Waals surface area contributed by atoms with Crippen molar-refractivity contribution in [2.24, 2.45) is 0 Å². The SMILES string of the molecule is CCN(CCCNC(=O)CCC(=O)N1Cc2cccc(OC)c2Oc2ncccc21)Cc1ccccc1. The van der Waals surface area contributed by atoms with E-state index < -0.39 is 0 Å². The lowest BCUT2D eigenvalue weighted by molar-refractivity contribution is -0.125. The van der Waals surface area contributed by atoms with Gasteiger partial charge in [0.2, 0.25) is 17.7 Å². The van der Waals surface area contributed by atoms with Crippen LogP contribution in [-0.2, 0) is 22.7 Å². The van der Waals surface area contributed by atoms with Gasteiger partial charge < -0.3 is 19.7 Å². The number of pyridine rings is 1. The van der Waals surface area contributed by atoms with Gasteiger partial charge in [-0.3, -0.25) is 14.5 Å². The lowest BCUT2D eigenvalue weighted by Crippen LogP contribution is -2.33. The molecule has 0 saturated carbocycles. The van der Waals surface area contributed by atoms with Crippen LogP contribution in [0, 0.1) is 0 Å². The van der Waals surface area contributed by atoms with E-state index in [-0.39, 0.29) is 24.7 Å². The third kappa shape index (κ3) is 6.86. The quantitative estimate of drug-likeness (QED) is 0.388. The average molecular weight is 503 g/mol. The maximum atomic E-state index is 13.2. The number of hydrogen-bond acceptors (Lipinski definition) is 6. The van der Waals surface area contributed by atoms with Gasteiger partial charge in [0.25, 0.3) is 0 Å². The van der Waals surface area contributed by atoms with Crippen LogP contribution in [0.3, 0.4) is 0 Å². The lowest BCUT2D eigenvalue weighted by atomic mass is 10.1. The molecule has 0 saturated heterocycles. The first-order chi connectivity index (χ1) is 18.1. The highest BCUT2D eigenvalue weighted by Crippen LogP contribution is 2.42. The number of fused-ring (bicyclic) bond motifs is 2. The van der Waals surface area contributed by atoms with Crippen molar-refractivity contribution in [1.82, 2.24) is 15.2 Å². The molecular formula is C29H34N4O4. The minimum Gasteiger partial charge on any atom is -0.493 e. The summed E-state index contributed by atoms with van der Waals surface area (Å²) in [6, 6.07) is 19.5. The molecule has 8 nitrogen and oxygen atoms in total. The number of anilines is 1. The first-order valence-electron chi connectivity index (χ1n) is 12.7. The summed E-state index contributed by atoms with van der Waals surface area (Å²) in [5.74, 6) is 1.17. The number of benzene rings is 2. The third-order valence-corrected chi connectivity index (χ3v) is 6.39. The molecule has 8 heteroatoms.